The fourth-order valence-corrected chi connectivity index (χ4v) is 1.96. The molecule has 108 valence electrons. The smallest absolute Gasteiger partial charge is 0.248 e. The van der Waals surface area contributed by atoms with Crippen molar-refractivity contribution in [1.82, 2.24) is 0 Å². The van der Waals surface area contributed by atoms with Gasteiger partial charge in [0.15, 0.2) is 0 Å². The van der Waals surface area contributed by atoms with E-state index in [2.05, 4.69) is 5.32 Å². The average Bonchev–Trinajstić information content (AvgIpc) is 2.49. The number of rotatable bonds is 5. The van der Waals surface area contributed by atoms with Crippen molar-refractivity contribution in [2.24, 2.45) is 0 Å². The highest BCUT2D eigenvalue weighted by atomic mass is 35.5. The first-order valence-electron chi connectivity index (χ1n) is 6.65. The second kappa shape index (κ2) is 7.50. The molecule has 4 heteroatoms. The van der Waals surface area contributed by atoms with Gasteiger partial charge in [0.05, 0.1) is 6.61 Å². The highest BCUT2D eigenvalue weighted by Gasteiger charge is 2.00. The van der Waals surface area contributed by atoms with E-state index in [0.717, 1.165) is 11.3 Å². The third kappa shape index (κ3) is 4.65. The van der Waals surface area contributed by atoms with Gasteiger partial charge < -0.3 is 10.1 Å². The van der Waals surface area contributed by atoms with Crippen LogP contribution in [0.25, 0.3) is 6.08 Å². The van der Waals surface area contributed by atoms with Gasteiger partial charge in [0.1, 0.15) is 5.75 Å². The van der Waals surface area contributed by atoms with E-state index in [1.165, 1.54) is 6.08 Å². The largest absolute Gasteiger partial charge is 0.494 e. The van der Waals surface area contributed by atoms with Crippen molar-refractivity contribution in [1.29, 1.82) is 0 Å². The fourth-order valence-electron chi connectivity index (χ4n) is 1.76. The van der Waals surface area contributed by atoms with Gasteiger partial charge in [-0.2, -0.15) is 0 Å². The van der Waals surface area contributed by atoms with E-state index in [1.807, 2.05) is 37.3 Å². The number of hydrogen-bond donors (Lipinski definition) is 1. The predicted molar refractivity (Wildman–Crippen MR) is 86.7 cm³/mol. The number of halogens is 1. The summed E-state index contributed by atoms with van der Waals surface area (Å²) in [5.74, 6) is 0.571. The monoisotopic (exact) mass is 301 g/mol. The van der Waals surface area contributed by atoms with Crippen molar-refractivity contribution >= 4 is 29.3 Å². The third-order valence-electron chi connectivity index (χ3n) is 2.75. The Bertz CT molecular complexity index is 635. The van der Waals surface area contributed by atoms with Gasteiger partial charge in [-0.05, 0) is 48.9 Å². The van der Waals surface area contributed by atoms with Crippen molar-refractivity contribution in [3.05, 3.63) is 65.2 Å². The first kappa shape index (κ1) is 15.1. The highest BCUT2D eigenvalue weighted by Crippen LogP contribution is 2.17. The third-order valence-corrected chi connectivity index (χ3v) is 3.10. The Morgan fingerprint density at radius 2 is 1.90 bits per heavy atom. The van der Waals surface area contributed by atoms with Crippen LogP contribution >= 0.6 is 11.6 Å². The lowest BCUT2D eigenvalue weighted by Crippen LogP contribution is -2.07. The Kier molecular flexibility index (Phi) is 5.41. The molecule has 0 fully saturated rings. The normalized spacial score (nSPS) is 10.6. The standard InChI is InChI=1S/C17H16ClNO2/c1-2-21-15-10-8-14(9-11-15)19-17(20)12-7-13-5-3-4-6-16(13)18/h3-12H,2H2,1H3,(H,19,20)/b12-7+. The Morgan fingerprint density at radius 3 is 2.57 bits per heavy atom. The summed E-state index contributed by atoms with van der Waals surface area (Å²) in [7, 11) is 0. The van der Waals surface area contributed by atoms with Crippen LogP contribution in [0.4, 0.5) is 5.69 Å². The Morgan fingerprint density at radius 1 is 1.19 bits per heavy atom. The molecule has 2 aromatic carbocycles. The number of nitrogens with one attached hydrogen (secondary N) is 1. The zero-order valence-electron chi connectivity index (χ0n) is 11.7. The fraction of sp³-hybridized carbons (Fsp3) is 0.118. The summed E-state index contributed by atoms with van der Waals surface area (Å²) in [6, 6.07) is 14.6. The Labute approximate surface area is 129 Å². The molecule has 0 aliphatic rings. The zero-order chi connectivity index (χ0) is 15.1. The molecule has 0 aliphatic heterocycles. The minimum atomic E-state index is -0.209. The number of hydrogen-bond acceptors (Lipinski definition) is 2. The molecule has 0 spiro atoms. The SMILES string of the molecule is CCOc1ccc(NC(=O)/C=C/c2ccccc2Cl)cc1. The summed E-state index contributed by atoms with van der Waals surface area (Å²) in [5.41, 5.74) is 1.52. The summed E-state index contributed by atoms with van der Waals surface area (Å²) in [4.78, 5) is 11.8. The minimum absolute atomic E-state index is 0.209. The van der Waals surface area contributed by atoms with Crippen LogP contribution in [-0.4, -0.2) is 12.5 Å². The molecule has 0 aromatic heterocycles. The van der Waals surface area contributed by atoms with Gasteiger partial charge >= 0.3 is 0 Å². The first-order valence-corrected chi connectivity index (χ1v) is 7.03. The Balaban J connectivity index is 1.97. The maximum Gasteiger partial charge on any atom is 0.248 e. The van der Waals surface area contributed by atoms with E-state index in [-0.39, 0.29) is 5.91 Å². The van der Waals surface area contributed by atoms with Crippen molar-refractivity contribution < 1.29 is 9.53 Å². The van der Waals surface area contributed by atoms with Crippen molar-refractivity contribution in [3.63, 3.8) is 0 Å². The molecule has 0 aliphatic carbocycles. The number of carbonyl (C=O) groups excluding carboxylic acids is 1. The number of anilines is 1. The van der Waals surface area contributed by atoms with E-state index < -0.39 is 0 Å². The van der Waals surface area contributed by atoms with Crippen LogP contribution in [0.1, 0.15) is 12.5 Å². The topological polar surface area (TPSA) is 38.3 Å². The van der Waals surface area contributed by atoms with E-state index >= 15 is 0 Å². The molecular weight excluding hydrogens is 286 g/mol. The summed E-state index contributed by atoms with van der Waals surface area (Å²) in [6.07, 6.45) is 3.14. The lowest BCUT2D eigenvalue weighted by molar-refractivity contribution is -0.111. The molecular formula is C17H16ClNO2. The van der Waals surface area contributed by atoms with Crippen LogP contribution in [0, 0.1) is 0 Å². The van der Waals surface area contributed by atoms with Gasteiger partial charge in [-0.15, -0.1) is 0 Å². The molecule has 2 aromatic rings. The van der Waals surface area contributed by atoms with Crippen molar-refractivity contribution in [2.75, 3.05) is 11.9 Å². The molecule has 0 heterocycles. The first-order chi connectivity index (χ1) is 10.2. The minimum Gasteiger partial charge on any atom is -0.494 e. The lowest BCUT2D eigenvalue weighted by Gasteiger charge is -2.05. The molecule has 0 saturated heterocycles. The maximum atomic E-state index is 11.8. The summed E-state index contributed by atoms with van der Waals surface area (Å²) >= 11 is 6.02. The van der Waals surface area contributed by atoms with Crippen molar-refractivity contribution in [2.45, 2.75) is 6.92 Å². The quantitative estimate of drug-likeness (QED) is 0.832. The molecule has 21 heavy (non-hydrogen) atoms. The number of carbonyl (C=O) groups is 1. The second-order valence-electron chi connectivity index (χ2n) is 4.30. The van der Waals surface area contributed by atoms with Crippen LogP contribution < -0.4 is 10.1 Å². The van der Waals surface area contributed by atoms with Gasteiger partial charge in [0, 0.05) is 16.8 Å². The van der Waals surface area contributed by atoms with E-state index in [4.69, 9.17) is 16.3 Å². The maximum absolute atomic E-state index is 11.8. The second-order valence-corrected chi connectivity index (χ2v) is 4.71. The highest BCUT2D eigenvalue weighted by molar-refractivity contribution is 6.32. The molecule has 1 N–H and O–H groups in total. The summed E-state index contributed by atoms with van der Waals surface area (Å²) < 4.78 is 5.34. The predicted octanol–water partition coefficient (Wildman–Crippen LogP) is 4.39. The van der Waals surface area contributed by atoms with E-state index in [9.17, 15) is 4.79 Å². The van der Waals surface area contributed by atoms with Crippen LogP contribution in [0.2, 0.25) is 5.02 Å². The van der Waals surface area contributed by atoms with Crippen molar-refractivity contribution in [3.8, 4) is 5.75 Å². The van der Waals surface area contributed by atoms with Crippen LogP contribution in [0.15, 0.2) is 54.6 Å². The molecule has 3 nitrogen and oxygen atoms in total. The molecule has 0 atom stereocenters. The van der Waals surface area contributed by atoms with Gasteiger partial charge in [-0.3, -0.25) is 4.79 Å². The molecule has 0 saturated carbocycles. The number of ether oxygens (including phenoxy) is 1. The van der Waals surface area contributed by atoms with Crippen LogP contribution in [-0.2, 0) is 4.79 Å². The van der Waals surface area contributed by atoms with Crippen LogP contribution in [0.3, 0.4) is 0 Å². The average molecular weight is 302 g/mol. The zero-order valence-corrected chi connectivity index (χ0v) is 12.4. The molecule has 2 rings (SSSR count). The lowest BCUT2D eigenvalue weighted by atomic mass is 10.2. The van der Waals surface area contributed by atoms with E-state index in [1.54, 1.807) is 24.3 Å². The molecule has 1 amide bonds. The summed E-state index contributed by atoms with van der Waals surface area (Å²) in [6.45, 7) is 2.54. The van der Waals surface area contributed by atoms with Gasteiger partial charge in [0.2, 0.25) is 5.91 Å². The molecule has 0 unspecified atom stereocenters. The number of benzene rings is 2. The van der Waals surface area contributed by atoms with Gasteiger partial charge in [0.25, 0.3) is 0 Å². The van der Waals surface area contributed by atoms with E-state index in [0.29, 0.717) is 17.3 Å². The summed E-state index contributed by atoms with van der Waals surface area (Å²) in [5, 5.41) is 3.39. The Hall–Kier alpha value is -2.26. The molecule has 0 bridgehead atoms. The van der Waals surface area contributed by atoms with Gasteiger partial charge in [-0.1, -0.05) is 29.8 Å². The molecule has 0 radical (unpaired) electrons. The number of amides is 1. The van der Waals surface area contributed by atoms with Crippen LogP contribution in [0.5, 0.6) is 5.75 Å². The van der Waals surface area contributed by atoms with Gasteiger partial charge in [-0.25, -0.2) is 0 Å².